The molecule has 0 saturated heterocycles. The molecule has 1 aliphatic heterocycles. The average Bonchev–Trinajstić information content (AvgIpc) is 2.94. The van der Waals surface area contributed by atoms with Crippen molar-refractivity contribution in [3.63, 3.8) is 0 Å². The molecule has 1 aromatic rings. The Morgan fingerprint density at radius 2 is 1.05 bits per heavy atom. The van der Waals surface area contributed by atoms with Crippen LogP contribution in [0.15, 0.2) is 58.9 Å². The van der Waals surface area contributed by atoms with Crippen LogP contribution in [0.3, 0.4) is 0 Å². The van der Waals surface area contributed by atoms with E-state index in [1.54, 1.807) is 12.2 Å². The maximum absolute atomic E-state index is 13.3. The predicted molar refractivity (Wildman–Crippen MR) is 141 cm³/mol. The van der Waals surface area contributed by atoms with Gasteiger partial charge in [0.1, 0.15) is 11.4 Å². The Morgan fingerprint density at radius 3 is 1.45 bits per heavy atom. The van der Waals surface area contributed by atoms with Crippen LogP contribution < -0.4 is 5.32 Å². The number of rotatable bonds is 14. The monoisotopic (exact) mass is 527 g/mol. The normalized spacial score (nSPS) is 13.8. The fourth-order valence-corrected chi connectivity index (χ4v) is 3.54. The Morgan fingerprint density at radius 1 is 0.658 bits per heavy atom. The molecule has 0 bridgehead atoms. The van der Waals surface area contributed by atoms with Crippen LogP contribution in [-0.2, 0) is 38.1 Å². The van der Waals surface area contributed by atoms with E-state index in [9.17, 15) is 19.2 Å². The third-order valence-corrected chi connectivity index (χ3v) is 5.29. The zero-order valence-corrected chi connectivity index (χ0v) is 22.5. The van der Waals surface area contributed by atoms with Gasteiger partial charge in [0.05, 0.1) is 37.6 Å². The van der Waals surface area contributed by atoms with Gasteiger partial charge in [-0.25, -0.2) is 19.2 Å². The first-order valence-electron chi connectivity index (χ1n) is 13.1. The maximum atomic E-state index is 13.3. The summed E-state index contributed by atoms with van der Waals surface area (Å²) in [6, 6.07) is 9.19. The molecule has 9 heteroatoms. The Kier molecular flexibility index (Phi) is 12.8. The van der Waals surface area contributed by atoms with Crippen molar-refractivity contribution >= 4 is 30.0 Å². The topological polar surface area (TPSA) is 117 Å². The molecule has 0 unspecified atom stereocenters. The Balaban J connectivity index is 2.78. The molecule has 1 aliphatic rings. The van der Waals surface area contributed by atoms with Crippen molar-refractivity contribution in [2.75, 3.05) is 26.4 Å². The molecule has 0 spiro atoms. The van der Waals surface area contributed by atoms with E-state index in [2.05, 4.69) is 5.32 Å². The minimum Gasteiger partial charge on any atom is -0.462 e. The lowest BCUT2D eigenvalue weighted by Gasteiger charge is -2.29. The van der Waals surface area contributed by atoms with Gasteiger partial charge in [0.15, 0.2) is 0 Å². The molecule has 1 heterocycles. The Hall–Kier alpha value is -3.88. The van der Waals surface area contributed by atoms with Crippen LogP contribution in [0.5, 0.6) is 0 Å². The van der Waals surface area contributed by atoms with E-state index in [1.807, 2.05) is 58.0 Å². The number of allylic oxidation sites excluding steroid dienone is 1. The third kappa shape index (κ3) is 8.33. The van der Waals surface area contributed by atoms with Crippen LogP contribution in [0.1, 0.15) is 58.9 Å². The lowest BCUT2D eigenvalue weighted by molar-refractivity contribution is -0.145. The summed E-state index contributed by atoms with van der Waals surface area (Å²) in [4.78, 5) is 53.0. The van der Waals surface area contributed by atoms with Gasteiger partial charge < -0.3 is 24.3 Å². The second kappa shape index (κ2) is 16.1. The number of benzene rings is 1. The van der Waals surface area contributed by atoms with Crippen molar-refractivity contribution in [3.05, 3.63) is 64.5 Å². The number of carbonyl (C=O) groups is 4. The van der Waals surface area contributed by atoms with Gasteiger partial charge in [-0.2, -0.15) is 0 Å². The fraction of sp³-hybridized carbons (Fsp3) is 0.448. The lowest BCUT2D eigenvalue weighted by Crippen LogP contribution is -2.40. The summed E-state index contributed by atoms with van der Waals surface area (Å²) in [5.41, 5.74) is -0.0845. The Bertz CT molecular complexity index is 1010. The summed E-state index contributed by atoms with van der Waals surface area (Å²) in [6.45, 7) is 7.70. The highest BCUT2D eigenvalue weighted by Crippen LogP contribution is 2.34. The highest BCUT2D eigenvalue weighted by Gasteiger charge is 2.42. The number of carbonyl (C=O) groups excluding carboxylic acids is 4. The molecule has 38 heavy (non-hydrogen) atoms. The standard InChI is InChI=1S/C29H37NO8/c1-5-16-35-26(31)22-21(15-14-20-12-10-9-11-13-20)23(27(32)36-17-6-2)25(29(34)38-19-8-4)30-24(22)28(33)37-18-7-3/h9-15,21,30H,5-8,16-19H2,1-4H3/b15-14+. The van der Waals surface area contributed by atoms with E-state index in [0.717, 1.165) is 5.56 Å². The van der Waals surface area contributed by atoms with Crippen LogP contribution in [0.2, 0.25) is 0 Å². The molecule has 9 nitrogen and oxygen atoms in total. The molecule has 0 radical (unpaired) electrons. The molecule has 206 valence electrons. The second-order valence-corrected chi connectivity index (χ2v) is 8.49. The molecule has 0 saturated carbocycles. The van der Waals surface area contributed by atoms with Gasteiger partial charge in [0.2, 0.25) is 0 Å². The van der Waals surface area contributed by atoms with Gasteiger partial charge in [-0.3, -0.25) is 0 Å². The van der Waals surface area contributed by atoms with E-state index >= 15 is 0 Å². The molecular weight excluding hydrogens is 490 g/mol. The van der Waals surface area contributed by atoms with Crippen molar-refractivity contribution in [1.82, 2.24) is 5.32 Å². The first-order chi connectivity index (χ1) is 18.4. The lowest BCUT2D eigenvalue weighted by atomic mass is 9.84. The minimum atomic E-state index is -1.15. The van der Waals surface area contributed by atoms with Crippen molar-refractivity contribution in [2.45, 2.75) is 53.4 Å². The van der Waals surface area contributed by atoms with Gasteiger partial charge >= 0.3 is 23.9 Å². The van der Waals surface area contributed by atoms with Gasteiger partial charge in [-0.15, -0.1) is 0 Å². The van der Waals surface area contributed by atoms with E-state index in [1.165, 1.54) is 0 Å². The molecule has 0 fully saturated rings. The smallest absolute Gasteiger partial charge is 0.355 e. The van der Waals surface area contributed by atoms with E-state index in [0.29, 0.717) is 25.7 Å². The SMILES string of the molecule is CCCOC(=O)C1=C(C(=O)OCCC)C(/C=C/c2ccccc2)C(C(=O)OCCC)=C(C(=O)OCCC)N1. The van der Waals surface area contributed by atoms with Gasteiger partial charge in [0, 0.05) is 5.92 Å². The van der Waals surface area contributed by atoms with Crippen LogP contribution in [0.25, 0.3) is 6.08 Å². The molecule has 0 atom stereocenters. The van der Waals surface area contributed by atoms with Crippen molar-refractivity contribution in [2.24, 2.45) is 5.92 Å². The molecular formula is C29H37NO8. The average molecular weight is 528 g/mol. The highest BCUT2D eigenvalue weighted by atomic mass is 16.5. The molecule has 2 rings (SSSR count). The first kappa shape index (κ1) is 30.3. The van der Waals surface area contributed by atoms with Crippen molar-refractivity contribution in [1.29, 1.82) is 0 Å². The van der Waals surface area contributed by atoms with Gasteiger partial charge in [-0.1, -0.05) is 70.2 Å². The first-order valence-corrected chi connectivity index (χ1v) is 13.1. The largest absolute Gasteiger partial charge is 0.462 e. The zero-order chi connectivity index (χ0) is 27.9. The number of nitrogens with one attached hydrogen (secondary N) is 1. The van der Waals surface area contributed by atoms with E-state index in [4.69, 9.17) is 18.9 Å². The van der Waals surface area contributed by atoms with Crippen LogP contribution in [0.4, 0.5) is 0 Å². The summed E-state index contributed by atoms with van der Waals surface area (Å²) in [6.07, 6.45) is 5.44. The van der Waals surface area contributed by atoms with Crippen LogP contribution >= 0.6 is 0 Å². The summed E-state index contributed by atoms with van der Waals surface area (Å²) < 4.78 is 21.4. The molecule has 0 amide bonds. The van der Waals surface area contributed by atoms with E-state index < -0.39 is 29.8 Å². The van der Waals surface area contributed by atoms with Gasteiger partial charge in [-0.05, 0) is 31.2 Å². The zero-order valence-electron chi connectivity index (χ0n) is 22.5. The molecule has 1 N–H and O–H groups in total. The maximum Gasteiger partial charge on any atom is 0.355 e. The number of hydrogen-bond acceptors (Lipinski definition) is 9. The van der Waals surface area contributed by atoms with Gasteiger partial charge in [0.25, 0.3) is 0 Å². The number of ether oxygens (including phenoxy) is 4. The summed E-state index contributed by atoms with van der Waals surface area (Å²) >= 11 is 0. The predicted octanol–water partition coefficient (Wildman–Crippen LogP) is 4.24. The molecule has 1 aromatic carbocycles. The second-order valence-electron chi connectivity index (χ2n) is 8.49. The number of esters is 4. The quantitative estimate of drug-likeness (QED) is 0.280. The molecule has 0 aliphatic carbocycles. The summed E-state index contributed by atoms with van der Waals surface area (Å²) in [5.74, 6) is -4.48. The molecule has 0 aromatic heterocycles. The van der Waals surface area contributed by atoms with Crippen LogP contribution in [0, 0.1) is 5.92 Å². The minimum absolute atomic E-state index is 0.0938. The number of hydrogen-bond donors (Lipinski definition) is 1. The third-order valence-electron chi connectivity index (χ3n) is 5.29. The van der Waals surface area contributed by atoms with E-state index in [-0.39, 0.29) is 49.0 Å². The fourth-order valence-electron chi connectivity index (χ4n) is 3.54. The Labute approximate surface area is 223 Å². The summed E-state index contributed by atoms with van der Waals surface area (Å²) in [7, 11) is 0. The van der Waals surface area contributed by atoms with Crippen molar-refractivity contribution in [3.8, 4) is 0 Å². The van der Waals surface area contributed by atoms with Crippen LogP contribution in [-0.4, -0.2) is 50.3 Å². The summed E-state index contributed by atoms with van der Waals surface area (Å²) in [5, 5.41) is 2.69. The highest BCUT2D eigenvalue weighted by molar-refractivity contribution is 6.09. The number of dihydropyridines is 1. The van der Waals surface area contributed by atoms with Crippen molar-refractivity contribution < 1.29 is 38.1 Å².